The first-order valence-corrected chi connectivity index (χ1v) is 10.7. The Kier molecular flexibility index (Phi) is 4.63. The average molecular weight is 388 g/mol. The summed E-state index contributed by atoms with van der Waals surface area (Å²) in [5.74, 6) is 1.11. The maximum absolute atomic E-state index is 5.07. The Balaban J connectivity index is 1.38. The topological polar surface area (TPSA) is 48.1 Å². The summed E-state index contributed by atoms with van der Waals surface area (Å²) in [7, 11) is 4.49. The van der Waals surface area contributed by atoms with E-state index in [1.165, 1.54) is 41.6 Å². The fourth-order valence-corrected chi connectivity index (χ4v) is 5.03. The fourth-order valence-electron chi connectivity index (χ4n) is 5.03. The number of pyridine rings is 1. The van der Waals surface area contributed by atoms with Crippen LogP contribution in [-0.2, 0) is 6.42 Å². The van der Waals surface area contributed by atoms with Crippen LogP contribution in [0.4, 0.5) is 5.82 Å². The first-order chi connectivity index (χ1) is 14.1. The first kappa shape index (κ1) is 18.4. The largest absolute Gasteiger partial charge is 0.357 e. The molecule has 0 radical (unpaired) electrons. The second-order valence-electron chi connectivity index (χ2n) is 8.53. The van der Waals surface area contributed by atoms with Crippen molar-refractivity contribution in [2.45, 2.75) is 50.7 Å². The summed E-state index contributed by atoms with van der Waals surface area (Å²) < 4.78 is 0. The van der Waals surface area contributed by atoms with Gasteiger partial charge in [-0.15, -0.1) is 0 Å². The van der Waals surface area contributed by atoms with Crippen LogP contribution in [0.15, 0.2) is 48.8 Å². The van der Waals surface area contributed by atoms with Gasteiger partial charge in [0.15, 0.2) is 0 Å². The van der Waals surface area contributed by atoms with Crippen molar-refractivity contribution in [3.8, 4) is 22.3 Å². The van der Waals surface area contributed by atoms with Gasteiger partial charge in [0.2, 0.25) is 0 Å². The van der Waals surface area contributed by atoms with Crippen molar-refractivity contribution in [3.63, 3.8) is 0 Å². The Morgan fingerprint density at radius 2 is 1.72 bits per heavy atom. The molecule has 150 valence electrons. The summed E-state index contributed by atoms with van der Waals surface area (Å²) in [5.41, 5.74) is 5.90. The van der Waals surface area contributed by atoms with Gasteiger partial charge in [-0.25, -0.2) is 4.98 Å². The van der Waals surface area contributed by atoms with Crippen LogP contribution in [0.3, 0.4) is 0 Å². The Hall–Kier alpha value is -2.66. The molecule has 3 aromatic rings. The highest BCUT2D eigenvalue weighted by Gasteiger charge is 2.44. The molecule has 0 amide bonds. The molecule has 4 heterocycles. The van der Waals surface area contributed by atoms with Crippen molar-refractivity contribution >= 4 is 5.82 Å². The number of hydrogen-bond donors (Lipinski definition) is 1. The van der Waals surface area contributed by atoms with Crippen molar-refractivity contribution in [3.05, 3.63) is 54.5 Å². The van der Waals surface area contributed by atoms with Gasteiger partial charge in [0, 0.05) is 42.5 Å². The molecule has 6 rings (SSSR count). The van der Waals surface area contributed by atoms with Crippen LogP contribution in [0.25, 0.3) is 22.3 Å². The van der Waals surface area contributed by atoms with E-state index in [2.05, 4.69) is 77.4 Å². The lowest BCUT2D eigenvalue weighted by Gasteiger charge is -2.55. The maximum Gasteiger partial charge on any atom is 0.128 e. The summed E-state index contributed by atoms with van der Waals surface area (Å²) in [5, 5.41) is 6.92. The van der Waals surface area contributed by atoms with E-state index in [-0.39, 0.29) is 0 Å². The fraction of sp³-hybridized carbons (Fsp3) is 0.417. The normalized spacial score (nSPS) is 23.6. The molecule has 2 atom stereocenters. The Morgan fingerprint density at radius 1 is 1.00 bits per heavy atom. The molecular weight excluding hydrogens is 358 g/mol. The number of piperidine rings is 1. The molecular formula is C24H29N5. The number of aromatic amines is 1. The molecule has 29 heavy (non-hydrogen) atoms. The molecule has 1 N–H and O–H groups in total. The van der Waals surface area contributed by atoms with Crippen LogP contribution in [0, 0.1) is 0 Å². The number of anilines is 1. The molecule has 3 aliphatic rings. The Labute approximate surface area is 172 Å². The van der Waals surface area contributed by atoms with Crippen molar-refractivity contribution in [1.29, 1.82) is 0 Å². The molecule has 2 saturated heterocycles. The van der Waals surface area contributed by atoms with E-state index in [0.29, 0.717) is 6.04 Å². The molecule has 5 heteroatoms. The molecule has 1 aliphatic carbocycles. The van der Waals surface area contributed by atoms with E-state index in [9.17, 15) is 0 Å². The number of hydrogen-bond acceptors (Lipinski definition) is 4. The lowest BCUT2D eigenvalue weighted by Crippen LogP contribution is -2.62. The lowest BCUT2D eigenvalue weighted by atomic mass is 9.77. The third kappa shape index (κ3) is 3.23. The van der Waals surface area contributed by atoms with Gasteiger partial charge in [-0.2, -0.15) is 5.10 Å². The molecule has 2 unspecified atom stereocenters. The number of nitrogens with zero attached hydrogens (tertiary/aromatic N) is 4. The van der Waals surface area contributed by atoms with Gasteiger partial charge in [0.05, 0.1) is 11.9 Å². The minimum atomic E-state index is 0.604. The number of benzene rings is 1. The van der Waals surface area contributed by atoms with Crippen LogP contribution < -0.4 is 4.90 Å². The van der Waals surface area contributed by atoms with E-state index in [0.717, 1.165) is 29.9 Å². The predicted molar refractivity (Wildman–Crippen MR) is 118 cm³/mol. The number of aryl methyl sites for hydroxylation is 1. The zero-order chi connectivity index (χ0) is 20.0. The van der Waals surface area contributed by atoms with E-state index in [4.69, 9.17) is 4.98 Å². The summed E-state index contributed by atoms with van der Waals surface area (Å²) >= 11 is 0. The van der Waals surface area contributed by atoms with Gasteiger partial charge in [0.25, 0.3) is 0 Å². The van der Waals surface area contributed by atoms with Crippen molar-refractivity contribution in [2.24, 2.45) is 0 Å². The molecule has 5 nitrogen and oxygen atoms in total. The van der Waals surface area contributed by atoms with Crippen molar-refractivity contribution in [1.82, 2.24) is 20.1 Å². The third-order valence-electron chi connectivity index (χ3n) is 7.02. The third-order valence-corrected chi connectivity index (χ3v) is 7.02. The number of aromatic nitrogens is 3. The van der Waals surface area contributed by atoms with Crippen molar-refractivity contribution in [2.75, 3.05) is 19.0 Å². The smallest absolute Gasteiger partial charge is 0.128 e. The second kappa shape index (κ2) is 7.30. The highest BCUT2D eigenvalue weighted by atomic mass is 15.3. The molecule has 1 saturated carbocycles. The summed E-state index contributed by atoms with van der Waals surface area (Å²) in [6.45, 7) is 2.19. The van der Waals surface area contributed by atoms with Crippen molar-refractivity contribution < 1.29 is 0 Å². The van der Waals surface area contributed by atoms with Crippen LogP contribution in [-0.4, -0.2) is 52.3 Å². The molecule has 3 fully saturated rings. The minimum Gasteiger partial charge on any atom is -0.357 e. The summed E-state index contributed by atoms with van der Waals surface area (Å²) in [6.07, 6.45) is 8.59. The van der Waals surface area contributed by atoms with E-state index >= 15 is 0 Å². The minimum absolute atomic E-state index is 0.604. The molecule has 2 aliphatic heterocycles. The van der Waals surface area contributed by atoms with Gasteiger partial charge in [-0.3, -0.25) is 5.10 Å². The van der Waals surface area contributed by atoms with Gasteiger partial charge in [-0.1, -0.05) is 31.2 Å². The van der Waals surface area contributed by atoms with E-state index < -0.39 is 0 Å². The Bertz CT molecular complexity index is 967. The predicted octanol–water partition coefficient (Wildman–Crippen LogP) is 4.37. The standard InChI is InChI=1S/C24H29N5/c1-4-23-22(17-7-5-16(6-8-17)18-14-25-26-15-18)9-10-24(27-23)29(3)21-12-19-11-20(13-21)28(19)2/h5-10,14-15,19-21H,4,11-13H2,1-3H3,(H,25,26). The van der Waals surface area contributed by atoms with E-state index in [1.54, 1.807) is 0 Å². The molecule has 1 aromatic carbocycles. The number of nitrogens with one attached hydrogen (secondary N) is 1. The zero-order valence-electron chi connectivity index (χ0n) is 17.5. The SMILES string of the molecule is CCc1nc(N(C)C2CC3CC(C2)N3C)ccc1-c1ccc(-c2cn[nH]c2)cc1. The highest BCUT2D eigenvalue weighted by Crippen LogP contribution is 2.39. The van der Waals surface area contributed by atoms with Gasteiger partial charge in [-0.05, 0) is 56.0 Å². The molecule has 0 spiro atoms. The molecule has 2 aromatic heterocycles. The quantitative estimate of drug-likeness (QED) is 0.706. The van der Waals surface area contributed by atoms with Gasteiger partial charge >= 0.3 is 0 Å². The summed E-state index contributed by atoms with van der Waals surface area (Å²) in [4.78, 5) is 10.0. The average Bonchev–Trinajstić information content (AvgIpc) is 3.33. The van der Waals surface area contributed by atoms with Gasteiger partial charge in [0.1, 0.15) is 5.82 Å². The number of rotatable bonds is 5. The zero-order valence-corrected chi connectivity index (χ0v) is 17.5. The second-order valence-corrected chi connectivity index (χ2v) is 8.53. The Morgan fingerprint density at radius 3 is 2.34 bits per heavy atom. The maximum atomic E-state index is 5.07. The highest BCUT2D eigenvalue weighted by molar-refractivity contribution is 5.72. The number of H-pyrrole nitrogens is 1. The molecule has 2 bridgehead atoms. The van der Waals surface area contributed by atoms with Crippen LogP contribution in [0.2, 0.25) is 0 Å². The van der Waals surface area contributed by atoms with E-state index in [1.807, 2.05) is 12.4 Å². The first-order valence-electron chi connectivity index (χ1n) is 10.7. The monoisotopic (exact) mass is 387 g/mol. The summed E-state index contributed by atoms with van der Waals surface area (Å²) in [6, 6.07) is 15.3. The van der Waals surface area contributed by atoms with Crippen LogP contribution in [0.1, 0.15) is 31.9 Å². The van der Waals surface area contributed by atoms with Crippen LogP contribution >= 0.6 is 0 Å². The van der Waals surface area contributed by atoms with Gasteiger partial charge < -0.3 is 9.80 Å². The number of fused-ring (bicyclic) bond motifs is 2. The lowest BCUT2D eigenvalue weighted by molar-refractivity contribution is -0.0122. The van der Waals surface area contributed by atoms with Crippen LogP contribution in [0.5, 0.6) is 0 Å².